The van der Waals surface area contributed by atoms with Crippen molar-refractivity contribution in [3.63, 3.8) is 0 Å². The number of hydrogen-bond donors (Lipinski definition) is 2. The molecule has 0 aromatic carbocycles. The molecule has 2 nitrogen and oxygen atoms in total. The lowest BCUT2D eigenvalue weighted by Gasteiger charge is -2.39. The maximum atomic E-state index is 9.69. The third kappa shape index (κ3) is 1.99. The van der Waals surface area contributed by atoms with E-state index in [1.54, 1.807) is 0 Å². The van der Waals surface area contributed by atoms with Crippen molar-refractivity contribution in [2.24, 2.45) is 11.3 Å². The van der Waals surface area contributed by atoms with Crippen LogP contribution in [0.2, 0.25) is 0 Å². The second kappa shape index (κ2) is 4.83. The minimum atomic E-state index is -0.576. The molecular formula is C10H22O2. The van der Waals surface area contributed by atoms with Crippen molar-refractivity contribution < 1.29 is 10.2 Å². The Bertz CT molecular complexity index is 117. The highest BCUT2D eigenvalue weighted by atomic mass is 16.3. The van der Waals surface area contributed by atoms with Crippen LogP contribution in [0, 0.1) is 11.3 Å². The van der Waals surface area contributed by atoms with Gasteiger partial charge < -0.3 is 10.2 Å². The predicted molar refractivity (Wildman–Crippen MR) is 50.9 cm³/mol. The quantitative estimate of drug-likeness (QED) is 0.667. The number of aliphatic hydroxyl groups excluding tert-OH is 2. The average molecular weight is 174 g/mol. The van der Waals surface area contributed by atoms with Gasteiger partial charge in [0.05, 0.1) is 12.7 Å². The first kappa shape index (κ1) is 11.9. The number of rotatable bonds is 5. The predicted octanol–water partition coefficient (Wildman–Crippen LogP) is 1.80. The van der Waals surface area contributed by atoms with Crippen LogP contribution < -0.4 is 0 Å². The Morgan fingerprint density at radius 3 is 1.67 bits per heavy atom. The van der Waals surface area contributed by atoms with Crippen LogP contribution in [0.5, 0.6) is 0 Å². The smallest absolute Gasteiger partial charge is 0.0829 e. The summed E-state index contributed by atoms with van der Waals surface area (Å²) in [7, 11) is 0. The van der Waals surface area contributed by atoms with Crippen LogP contribution in [-0.2, 0) is 0 Å². The minimum Gasteiger partial charge on any atom is -0.394 e. The molecule has 74 valence electrons. The van der Waals surface area contributed by atoms with Gasteiger partial charge >= 0.3 is 0 Å². The van der Waals surface area contributed by atoms with Crippen LogP contribution in [-0.4, -0.2) is 22.9 Å². The third-order valence-electron chi connectivity index (χ3n) is 3.30. The Balaban J connectivity index is 4.56. The molecule has 0 aromatic rings. The highest BCUT2D eigenvalue weighted by Gasteiger charge is 2.36. The molecule has 0 aliphatic heterocycles. The maximum absolute atomic E-state index is 9.69. The number of hydrogen-bond acceptors (Lipinski definition) is 2. The highest BCUT2D eigenvalue weighted by Crippen LogP contribution is 2.38. The van der Waals surface area contributed by atoms with Crippen molar-refractivity contribution in [1.29, 1.82) is 0 Å². The van der Waals surface area contributed by atoms with Crippen LogP contribution in [0.1, 0.15) is 40.5 Å². The summed E-state index contributed by atoms with van der Waals surface area (Å²) in [6, 6.07) is 0. The van der Waals surface area contributed by atoms with Crippen LogP contribution in [0.4, 0.5) is 0 Å². The standard InChI is InChI=1S/C10H22O2/c1-5-10(6-2,8(3)4)9(12)7-11/h8-9,11-12H,5-7H2,1-4H3/t9-/m0/s1. The molecule has 0 aromatic heterocycles. The zero-order chi connectivity index (χ0) is 9.78. The van der Waals surface area contributed by atoms with E-state index in [4.69, 9.17) is 5.11 Å². The van der Waals surface area contributed by atoms with Crippen molar-refractivity contribution in [2.75, 3.05) is 6.61 Å². The minimum absolute atomic E-state index is 0.102. The Hall–Kier alpha value is -0.0800. The van der Waals surface area contributed by atoms with Gasteiger partial charge in [-0.3, -0.25) is 0 Å². The molecule has 0 saturated carbocycles. The van der Waals surface area contributed by atoms with Gasteiger partial charge in [-0.1, -0.05) is 27.7 Å². The second-order valence-corrected chi connectivity index (χ2v) is 3.79. The van der Waals surface area contributed by atoms with Gasteiger partial charge in [0.2, 0.25) is 0 Å². The fraction of sp³-hybridized carbons (Fsp3) is 1.00. The summed E-state index contributed by atoms with van der Waals surface area (Å²) in [6.07, 6.45) is 1.26. The van der Waals surface area contributed by atoms with Crippen molar-refractivity contribution >= 4 is 0 Å². The zero-order valence-corrected chi connectivity index (χ0v) is 8.67. The molecule has 0 radical (unpaired) electrons. The summed E-state index contributed by atoms with van der Waals surface area (Å²) in [5, 5.41) is 18.6. The van der Waals surface area contributed by atoms with E-state index in [1.807, 2.05) is 0 Å². The van der Waals surface area contributed by atoms with Gasteiger partial charge in [0.15, 0.2) is 0 Å². The topological polar surface area (TPSA) is 40.5 Å². The molecule has 0 saturated heterocycles. The molecular weight excluding hydrogens is 152 g/mol. The molecule has 0 aliphatic rings. The van der Waals surface area contributed by atoms with Crippen molar-refractivity contribution in [3.8, 4) is 0 Å². The first-order valence-corrected chi connectivity index (χ1v) is 4.84. The lowest BCUT2D eigenvalue weighted by molar-refractivity contribution is -0.0486. The highest BCUT2D eigenvalue weighted by molar-refractivity contribution is 4.86. The molecule has 0 fully saturated rings. The van der Waals surface area contributed by atoms with Gasteiger partial charge in [0.1, 0.15) is 0 Å². The maximum Gasteiger partial charge on any atom is 0.0829 e. The molecule has 12 heavy (non-hydrogen) atoms. The van der Waals surface area contributed by atoms with Crippen molar-refractivity contribution in [1.82, 2.24) is 0 Å². The fourth-order valence-electron chi connectivity index (χ4n) is 2.10. The fourth-order valence-corrected chi connectivity index (χ4v) is 2.10. The van der Waals surface area contributed by atoms with Gasteiger partial charge in [0.25, 0.3) is 0 Å². The Kier molecular flexibility index (Phi) is 4.80. The SMILES string of the molecule is CCC(CC)(C(C)C)[C@@H](O)CO. The zero-order valence-electron chi connectivity index (χ0n) is 8.67. The summed E-state index contributed by atoms with van der Waals surface area (Å²) < 4.78 is 0. The lowest BCUT2D eigenvalue weighted by Crippen LogP contribution is -2.41. The first-order chi connectivity index (χ1) is 5.55. The van der Waals surface area contributed by atoms with E-state index in [0.717, 1.165) is 12.8 Å². The molecule has 2 heteroatoms. The van der Waals surface area contributed by atoms with Crippen molar-refractivity contribution in [3.05, 3.63) is 0 Å². The summed E-state index contributed by atoms with van der Waals surface area (Å²) in [4.78, 5) is 0. The Labute approximate surface area is 75.6 Å². The van der Waals surface area contributed by atoms with E-state index in [-0.39, 0.29) is 12.0 Å². The summed E-state index contributed by atoms with van der Waals surface area (Å²) >= 11 is 0. The van der Waals surface area contributed by atoms with E-state index < -0.39 is 6.10 Å². The summed E-state index contributed by atoms with van der Waals surface area (Å²) in [5.41, 5.74) is -0.102. The third-order valence-corrected chi connectivity index (χ3v) is 3.30. The average Bonchev–Trinajstić information content (AvgIpc) is 2.06. The van der Waals surface area contributed by atoms with Gasteiger partial charge in [-0.25, -0.2) is 0 Å². The Morgan fingerprint density at radius 1 is 1.17 bits per heavy atom. The summed E-state index contributed by atoms with van der Waals surface area (Å²) in [6.45, 7) is 8.22. The molecule has 0 heterocycles. The van der Waals surface area contributed by atoms with E-state index in [9.17, 15) is 5.11 Å². The summed E-state index contributed by atoms with van der Waals surface area (Å²) in [5.74, 6) is 0.412. The van der Waals surface area contributed by atoms with Crippen LogP contribution in [0.15, 0.2) is 0 Å². The molecule has 0 spiro atoms. The van der Waals surface area contributed by atoms with E-state index >= 15 is 0 Å². The van der Waals surface area contributed by atoms with Crippen molar-refractivity contribution in [2.45, 2.75) is 46.6 Å². The van der Waals surface area contributed by atoms with Crippen LogP contribution in [0.3, 0.4) is 0 Å². The monoisotopic (exact) mass is 174 g/mol. The lowest BCUT2D eigenvalue weighted by atomic mass is 9.69. The molecule has 0 amide bonds. The largest absolute Gasteiger partial charge is 0.394 e. The molecule has 0 rings (SSSR count). The van der Waals surface area contributed by atoms with Gasteiger partial charge in [-0.15, -0.1) is 0 Å². The van der Waals surface area contributed by atoms with Crippen LogP contribution in [0.25, 0.3) is 0 Å². The molecule has 2 N–H and O–H groups in total. The molecule has 0 bridgehead atoms. The van der Waals surface area contributed by atoms with E-state index in [1.165, 1.54) is 0 Å². The van der Waals surface area contributed by atoms with Crippen LogP contribution >= 0.6 is 0 Å². The Morgan fingerprint density at radius 2 is 1.58 bits per heavy atom. The first-order valence-electron chi connectivity index (χ1n) is 4.84. The van der Waals surface area contributed by atoms with E-state index in [2.05, 4.69) is 27.7 Å². The molecule has 1 atom stereocenters. The molecule has 0 unspecified atom stereocenters. The van der Waals surface area contributed by atoms with Gasteiger partial charge in [-0.2, -0.15) is 0 Å². The normalized spacial score (nSPS) is 15.2. The van der Waals surface area contributed by atoms with Gasteiger partial charge in [0, 0.05) is 5.41 Å². The second-order valence-electron chi connectivity index (χ2n) is 3.79. The molecule has 0 aliphatic carbocycles. The van der Waals surface area contributed by atoms with E-state index in [0.29, 0.717) is 5.92 Å². The number of aliphatic hydroxyl groups is 2. The van der Waals surface area contributed by atoms with Gasteiger partial charge in [-0.05, 0) is 18.8 Å².